The second-order valence-corrected chi connectivity index (χ2v) is 5.69. The minimum Gasteiger partial charge on any atom is -0.497 e. The lowest BCUT2D eigenvalue weighted by atomic mass is 10.1. The lowest BCUT2D eigenvalue weighted by Gasteiger charge is -2.05. The van der Waals surface area contributed by atoms with Gasteiger partial charge < -0.3 is 24.4 Å². The first kappa shape index (κ1) is 15.1. The number of amides is 1. The van der Waals surface area contributed by atoms with Gasteiger partial charge in [0.2, 0.25) is 5.91 Å². The first-order valence-corrected chi connectivity index (χ1v) is 7.68. The van der Waals surface area contributed by atoms with Crippen molar-refractivity contribution in [3.8, 4) is 5.75 Å². The predicted molar refractivity (Wildman–Crippen MR) is 94.0 cm³/mol. The molecule has 4 rings (SSSR count). The van der Waals surface area contributed by atoms with E-state index in [1.807, 2.05) is 12.1 Å². The molecule has 126 valence electrons. The van der Waals surface area contributed by atoms with Gasteiger partial charge in [0.1, 0.15) is 11.3 Å². The number of fused-ring (bicyclic) bond motifs is 2. The molecule has 0 saturated heterocycles. The number of hydrogen-bond acceptors (Lipinski definition) is 4. The molecule has 0 aliphatic carbocycles. The van der Waals surface area contributed by atoms with Crippen molar-refractivity contribution < 1.29 is 13.9 Å². The lowest BCUT2D eigenvalue weighted by molar-refractivity contribution is -0.115. The molecule has 0 radical (unpaired) electrons. The maximum atomic E-state index is 12.3. The molecule has 0 saturated carbocycles. The van der Waals surface area contributed by atoms with Gasteiger partial charge in [-0.2, -0.15) is 0 Å². The van der Waals surface area contributed by atoms with Crippen LogP contribution < -0.4 is 15.7 Å². The molecule has 2 heterocycles. The number of hydrogen-bond donors (Lipinski definition) is 3. The zero-order valence-corrected chi connectivity index (χ0v) is 13.4. The van der Waals surface area contributed by atoms with Crippen LogP contribution in [0.1, 0.15) is 5.56 Å². The summed E-state index contributed by atoms with van der Waals surface area (Å²) in [5.41, 5.74) is 3.14. The van der Waals surface area contributed by atoms with E-state index in [0.717, 1.165) is 10.9 Å². The van der Waals surface area contributed by atoms with Crippen LogP contribution in [0.4, 0.5) is 5.69 Å². The van der Waals surface area contributed by atoms with E-state index in [4.69, 9.17) is 9.15 Å². The van der Waals surface area contributed by atoms with Gasteiger partial charge in [0, 0.05) is 22.7 Å². The molecule has 2 aromatic heterocycles. The van der Waals surface area contributed by atoms with Crippen molar-refractivity contribution in [2.75, 3.05) is 12.4 Å². The van der Waals surface area contributed by atoms with E-state index in [1.165, 1.54) is 0 Å². The van der Waals surface area contributed by atoms with Gasteiger partial charge in [-0.15, -0.1) is 0 Å². The quantitative estimate of drug-likeness (QED) is 0.533. The van der Waals surface area contributed by atoms with Crippen LogP contribution in [-0.2, 0) is 11.2 Å². The maximum Gasteiger partial charge on any atom is 0.323 e. The Bertz CT molecular complexity index is 1140. The molecule has 3 N–H and O–H groups in total. The number of benzene rings is 2. The van der Waals surface area contributed by atoms with Crippen molar-refractivity contribution in [2.45, 2.75) is 6.42 Å². The molecule has 2 aromatic carbocycles. The fourth-order valence-corrected chi connectivity index (χ4v) is 2.82. The Hall–Kier alpha value is -3.48. The smallest absolute Gasteiger partial charge is 0.323 e. The highest BCUT2D eigenvalue weighted by molar-refractivity contribution is 5.96. The van der Waals surface area contributed by atoms with Crippen LogP contribution >= 0.6 is 0 Å². The summed E-state index contributed by atoms with van der Waals surface area (Å²) < 4.78 is 10.7. The number of carbonyl (C=O) groups is 1. The second kappa shape index (κ2) is 5.86. The van der Waals surface area contributed by atoms with E-state index in [1.54, 1.807) is 37.6 Å². The van der Waals surface area contributed by atoms with Gasteiger partial charge in [0.15, 0.2) is 0 Å². The number of anilines is 1. The molecule has 0 unspecified atom stereocenters. The number of H-pyrrole nitrogens is 2. The van der Waals surface area contributed by atoms with Crippen molar-refractivity contribution in [3.05, 3.63) is 58.7 Å². The predicted octanol–water partition coefficient (Wildman–Crippen LogP) is 2.79. The van der Waals surface area contributed by atoms with Crippen molar-refractivity contribution in [3.63, 3.8) is 0 Å². The number of ether oxygens (including phenoxy) is 1. The number of rotatable bonds is 4. The van der Waals surface area contributed by atoms with Crippen molar-refractivity contribution in [1.82, 2.24) is 9.97 Å². The van der Waals surface area contributed by atoms with Crippen molar-refractivity contribution in [2.24, 2.45) is 0 Å². The molecule has 0 fully saturated rings. The molecule has 0 atom stereocenters. The summed E-state index contributed by atoms with van der Waals surface area (Å²) in [6.45, 7) is 0. The average Bonchev–Trinajstić information content (AvgIpc) is 3.16. The van der Waals surface area contributed by atoms with Gasteiger partial charge in [-0.1, -0.05) is 0 Å². The number of aromatic nitrogens is 2. The first-order valence-electron chi connectivity index (χ1n) is 7.68. The van der Waals surface area contributed by atoms with E-state index < -0.39 is 0 Å². The van der Waals surface area contributed by atoms with E-state index in [2.05, 4.69) is 15.3 Å². The molecule has 4 aromatic rings. The largest absolute Gasteiger partial charge is 0.497 e. The van der Waals surface area contributed by atoms with Crippen LogP contribution in [0.2, 0.25) is 0 Å². The van der Waals surface area contributed by atoms with Crippen LogP contribution in [-0.4, -0.2) is 23.0 Å². The summed E-state index contributed by atoms with van der Waals surface area (Å²) in [6, 6.07) is 10.7. The van der Waals surface area contributed by atoms with E-state index in [0.29, 0.717) is 28.1 Å². The molecule has 0 spiro atoms. The Labute approximate surface area is 141 Å². The van der Waals surface area contributed by atoms with Gasteiger partial charge in [0.05, 0.1) is 30.8 Å². The van der Waals surface area contributed by atoms with Crippen LogP contribution in [0.25, 0.3) is 22.0 Å². The highest BCUT2D eigenvalue weighted by Crippen LogP contribution is 2.26. The molecule has 0 bridgehead atoms. The molecule has 0 aliphatic heterocycles. The third-order valence-electron chi connectivity index (χ3n) is 4.01. The Morgan fingerprint density at radius 3 is 2.84 bits per heavy atom. The SMILES string of the molecule is COc1ccc2c(CC(=O)Nc3ccc4[nH]c(=O)[nH]c4c3)coc2c1. The van der Waals surface area contributed by atoms with E-state index >= 15 is 0 Å². The maximum absolute atomic E-state index is 12.3. The average molecular weight is 337 g/mol. The van der Waals surface area contributed by atoms with Crippen LogP contribution in [0.5, 0.6) is 5.75 Å². The van der Waals surface area contributed by atoms with Gasteiger partial charge in [-0.25, -0.2) is 4.79 Å². The summed E-state index contributed by atoms with van der Waals surface area (Å²) in [5, 5.41) is 3.70. The minimum atomic E-state index is -0.279. The second-order valence-electron chi connectivity index (χ2n) is 5.69. The van der Waals surface area contributed by atoms with E-state index in [-0.39, 0.29) is 18.0 Å². The number of methoxy groups -OCH3 is 1. The first-order chi connectivity index (χ1) is 12.1. The van der Waals surface area contributed by atoms with Gasteiger partial charge >= 0.3 is 5.69 Å². The van der Waals surface area contributed by atoms with E-state index in [9.17, 15) is 9.59 Å². The number of aromatic amines is 2. The standard InChI is InChI=1S/C18H15N3O4/c1-24-12-3-4-13-10(9-25-16(13)8-12)6-17(22)19-11-2-5-14-15(7-11)21-18(23)20-14/h2-5,7-9H,6H2,1H3,(H,19,22)(H2,20,21,23). The molecule has 7 heteroatoms. The molecule has 7 nitrogen and oxygen atoms in total. The Morgan fingerprint density at radius 2 is 2.00 bits per heavy atom. The summed E-state index contributed by atoms with van der Waals surface area (Å²) in [4.78, 5) is 28.9. The molecule has 25 heavy (non-hydrogen) atoms. The number of imidazole rings is 1. The summed E-state index contributed by atoms with van der Waals surface area (Å²) >= 11 is 0. The lowest BCUT2D eigenvalue weighted by Crippen LogP contribution is -2.14. The molecular formula is C18H15N3O4. The van der Waals surface area contributed by atoms with Crippen LogP contribution in [0, 0.1) is 0 Å². The van der Waals surface area contributed by atoms with Gasteiger partial charge in [-0.05, 0) is 30.3 Å². The summed E-state index contributed by atoms with van der Waals surface area (Å²) in [6.07, 6.45) is 1.76. The van der Waals surface area contributed by atoms with Gasteiger partial charge in [0.25, 0.3) is 0 Å². The summed E-state index contributed by atoms with van der Waals surface area (Å²) in [5.74, 6) is 0.530. The van der Waals surface area contributed by atoms with Crippen molar-refractivity contribution >= 4 is 33.6 Å². The highest BCUT2D eigenvalue weighted by atomic mass is 16.5. The fourth-order valence-electron chi connectivity index (χ4n) is 2.82. The topological polar surface area (TPSA) is 100 Å². The Kier molecular flexibility index (Phi) is 3.53. The fraction of sp³-hybridized carbons (Fsp3) is 0.111. The van der Waals surface area contributed by atoms with Crippen molar-refractivity contribution in [1.29, 1.82) is 0 Å². The van der Waals surface area contributed by atoms with Crippen LogP contribution in [0.15, 0.2) is 51.9 Å². The zero-order valence-electron chi connectivity index (χ0n) is 13.4. The zero-order chi connectivity index (χ0) is 17.4. The number of nitrogens with one attached hydrogen (secondary N) is 3. The van der Waals surface area contributed by atoms with Gasteiger partial charge in [-0.3, -0.25) is 4.79 Å². The molecule has 1 amide bonds. The Morgan fingerprint density at radius 1 is 1.16 bits per heavy atom. The third kappa shape index (κ3) is 2.87. The number of carbonyl (C=O) groups excluding carboxylic acids is 1. The third-order valence-corrected chi connectivity index (χ3v) is 4.01. The minimum absolute atomic E-state index is 0.171. The molecule has 0 aliphatic rings. The molecular weight excluding hydrogens is 322 g/mol. The van der Waals surface area contributed by atoms with Crippen LogP contribution in [0.3, 0.4) is 0 Å². The Balaban J connectivity index is 1.54. The monoisotopic (exact) mass is 337 g/mol. The normalized spacial score (nSPS) is 11.1. The highest BCUT2D eigenvalue weighted by Gasteiger charge is 2.12. The summed E-state index contributed by atoms with van der Waals surface area (Å²) in [7, 11) is 1.59. The number of furan rings is 1.